The maximum Gasteiger partial charge on any atom is 0.313 e. The molecule has 0 aliphatic heterocycles. The van der Waals surface area contributed by atoms with Crippen molar-refractivity contribution in [2.45, 2.75) is 47.0 Å². The molecule has 0 aliphatic rings. The zero-order valence-electron chi connectivity index (χ0n) is 20.3. The van der Waals surface area contributed by atoms with Gasteiger partial charge < -0.3 is 9.47 Å². The second kappa shape index (κ2) is 11.0. The maximum absolute atomic E-state index is 11.9. The average molecular weight is 471 g/mol. The molecule has 0 bridgehead atoms. The molecular weight excluding hydrogens is 440 g/mol. The summed E-state index contributed by atoms with van der Waals surface area (Å²) in [6.45, 7) is 5.89. The van der Waals surface area contributed by atoms with E-state index in [0.29, 0.717) is 12.4 Å². The molecule has 0 radical (unpaired) electrons. The number of carbonyl (C=O) groups is 1. The quantitative estimate of drug-likeness (QED) is 0.311. The van der Waals surface area contributed by atoms with Crippen LogP contribution in [-0.2, 0) is 35.7 Å². The summed E-state index contributed by atoms with van der Waals surface area (Å²) in [6, 6.07) is 26.5. The van der Waals surface area contributed by atoms with Crippen LogP contribution in [0.25, 0.3) is 11.4 Å². The summed E-state index contributed by atoms with van der Waals surface area (Å²) in [5.41, 5.74) is 3.82. The Bertz CT molecular complexity index is 1250. The summed E-state index contributed by atoms with van der Waals surface area (Å²) in [6.07, 6.45) is 1.76. The molecule has 0 saturated carbocycles. The van der Waals surface area contributed by atoms with Crippen LogP contribution in [0.2, 0.25) is 0 Å². The highest BCUT2D eigenvalue weighted by Crippen LogP contribution is 2.22. The van der Waals surface area contributed by atoms with E-state index in [0.717, 1.165) is 29.7 Å². The molecule has 0 spiro atoms. The van der Waals surface area contributed by atoms with Crippen molar-refractivity contribution in [2.24, 2.45) is 5.41 Å². The SMILES string of the molecule is CC(C)(C)C(=O)OCn1nnc(-c2ccc(CCc3ccccc3OCc3ccccc3)cc2)n1. The third-order valence-electron chi connectivity index (χ3n) is 5.48. The molecular formula is C28H30N4O3. The molecule has 7 nitrogen and oxygen atoms in total. The normalized spacial score (nSPS) is 11.3. The van der Waals surface area contributed by atoms with E-state index in [4.69, 9.17) is 9.47 Å². The van der Waals surface area contributed by atoms with Gasteiger partial charge >= 0.3 is 5.97 Å². The number of rotatable bonds is 9. The Morgan fingerprint density at radius 1 is 0.857 bits per heavy atom. The molecule has 0 saturated heterocycles. The number of hydrogen-bond donors (Lipinski definition) is 0. The number of aryl methyl sites for hydroxylation is 2. The standard InChI is InChI=1S/C28H30N4O3/c1-28(2,3)27(33)35-20-32-30-26(29-31-32)24-17-14-21(15-18-24)13-16-23-11-7-8-12-25(23)34-19-22-9-5-4-6-10-22/h4-12,14-15,17-18H,13,16,19-20H2,1-3H3. The van der Waals surface area contributed by atoms with E-state index >= 15 is 0 Å². The van der Waals surface area contributed by atoms with E-state index in [2.05, 4.69) is 45.7 Å². The van der Waals surface area contributed by atoms with Gasteiger partial charge in [0.15, 0.2) is 0 Å². The lowest BCUT2D eigenvalue weighted by Crippen LogP contribution is -2.24. The van der Waals surface area contributed by atoms with E-state index in [1.807, 2.05) is 48.5 Å². The van der Waals surface area contributed by atoms with Crippen LogP contribution in [0.15, 0.2) is 78.9 Å². The van der Waals surface area contributed by atoms with Crippen LogP contribution in [0.4, 0.5) is 0 Å². The zero-order chi connectivity index (χ0) is 24.7. The molecule has 4 aromatic rings. The third-order valence-corrected chi connectivity index (χ3v) is 5.48. The molecule has 0 N–H and O–H groups in total. The number of benzene rings is 3. The van der Waals surface area contributed by atoms with Crippen LogP contribution in [0, 0.1) is 5.41 Å². The number of ether oxygens (including phenoxy) is 2. The first-order valence-electron chi connectivity index (χ1n) is 11.7. The Morgan fingerprint density at radius 3 is 2.31 bits per heavy atom. The van der Waals surface area contributed by atoms with E-state index in [1.54, 1.807) is 20.8 Å². The largest absolute Gasteiger partial charge is 0.489 e. The average Bonchev–Trinajstić information content (AvgIpc) is 3.34. The van der Waals surface area contributed by atoms with E-state index in [9.17, 15) is 4.79 Å². The minimum absolute atomic E-state index is 0.0626. The molecule has 0 amide bonds. The second-order valence-corrected chi connectivity index (χ2v) is 9.38. The Labute approximate surface area is 205 Å². The van der Waals surface area contributed by atoms with E-state index in [1.165, 1.54) is 15.9 Å². The highest BCUT2D eigenvalue weighted by Gasteiger charge is 2.23. The fourth-order valence-electron chi connectivity index (χ4n) is 3.43. The molecule has 180 valence electrons. The van der Waals surface area contributed by atoms with Gasteiger partial charge in [0, 0.05) is 5.56 Å². The predicted molar refractivity (Wildman–Crippen MR) is 133 cm³/mol. The number of para-hydroxylation sites is 1. The Hall–Kier alpha value is -4.00. The van der Waals surface area contributed by atoms with Gasteiger partial charge in [-0.1, -0.05) is 72.8 Å². The van der Waals surface area contributed by atoms with Crippen molar-refractivity contribution in [2.75, 3.05) is 0 Å². The van der Waals surface area contributed by atoms with Crippen molar-refractivity contribution in [1.82, 2.24) is 20.2 Å². The first-order valence-corrected chi connectivity index (χ1v) is 11.7. The van der Waals surface area contributed by atoms with Crippen LogP contribution in [0.1, 0.15) is 37.5 Å². The number of esters is 1. The Morgan fingerprint density at radius 2 is 1.57 bits per heavy atom. The van der Waals surface area contributed by atoms with Gasteiger partial charge in [0.05, 0.1) is 5.41 Å². The first kappa shape index (κ1) is 24.1. The van der Waals surface area contributed by atoms with Crippen molar-refractivity contribution >= 4 is 5.97 Å². The minimum atomic E-state index is -0.576. The summed E-state index contributed by atoms with van der Waals surface area (Å²) in [5, 5.41) is 12.4. The van der Waals surface area contributed by atoms with Crippen LogP contribution >= 0.6 is 0 Å². The topological polar surface area (TPSA) is 79.1 Å². The fourth-order valence-corrected chi connectivity index (χ4v) is 3.43. The maximum atomic E-state index is 11.9. The van der Waals surface area contributed by atoms with Crippen molar-refractivity contribution in [1.29, 1.82) is 0 Å². The van der Waals surface area contributed by atoms with Gasteiger partial charge in [-0.05, 0) is 61.6 Å². The summed E-state index contributed by atoms with van der Waals surface area (Å²) < 4.78 is 11.3. The number of nitrogens with zero attached hydrogens (tertiary/aromatic N) is 4. The first-order chi connectivity index (χ1) is 16.9. The molecule has 0 atom stereocenters. The predicted octanol–water partition coefficient (Wildman–Crippen LogP) is 5.25. The zero-order valence-corrected chi connectivity index (χ0v) is 20.3. The van der Waals surface area contributed by atoms with Crippen molar-refractivity contribution in [3.63, 3.8) is 0 Å². The summed E-state index contributed by atoms with van der Waals surface area (Å²) in [5.74, 6) is 1.09. The molecule has 0 unspecified atom stereocenters. The lowest BCUT2D eigenvalue weighted by molar-refractivity contribution is -0.157. The molecule has 7 heteroatoms. The Balaban J connectivity index is 1.33. The molecule has 0 fully saturated rings. The van der Waals surface area contributed by atoms with Crippen LogP contribution in [0.5, 0.6) is 5.75 Å². The highest BCUT2D eigenvalue weighted by molar-refractivity contribution is 5.75. The number of carbonyl (C=O) groups excluding carboxylic acids is 1. The molecule has 1 aromatic heterocycles. The lowest BCUT2D eigenvalue weighted by Gasteiger charge is -2.15. The summed E-state index contributed by atoms with van der Waals surface area (Å²) >= 11 is 0. The number of tetrazole rings is 1. The van der Waals surface area contributed by atoms with E-state index < -0.39 is 5.41 Å². The van der Waals surface area contributed by atoms with Gasteiger partial charge in [-0.2, -0.15) is 0 Å². The van der Waals surface area contributed by atoms with Gasteiger partial charge in [-0.3, -0.25) is 4.79 Å². The molecule has 35 heavy (non-hydrogen) atoms. The minimum Gasteiger partial charge on any atom is -0.489 e. The summed E-state index contributed by atoms with van der Waals surface area (Å²) in [4.78, 5) is 13.2. The van der Waals surface area contributed by atoms with Crippen LogP contribution < -0.4 is 4.74 Å². The lowest BCUT2D eigenvalue weighted by atomic mass is 9.98. The molecule has 3 aromatic carbocycles. The van der Waals surface area contributed by atoms with Crippen LogP contribution in [-0.4, -0.2) is 26.2 Å². The van der Waals surface area contributed by atoms with Gasteiger partial charge in [0.1, 0.15) is 12.4 Å². The second-order valence-electron chi connectivity index (χ2n) is 9.38. The Kier molecular flexibility index (Phi) is 7.55. The number of hydrogen-bond acceptors (Lipinski definition) is 6. The third kappa shape index (κ3) is 6.76. The van der Waals surface area contributed by atoms with E-state index in [-0.39, 0.29) is 12.7 Å². The van der Waals surface area contributed by atoms with Gasteiger partial charge in [-0.15, -0.1) is 15.0 Å². The highest BCUT2D eigenvalue weighted by atomic mass is 16.5. The van der Waals surface area contributed by atoms with Gasteiger partial charge in [0.2, 0.25) is 12.6 Å². The smallest absolute Gasteiger partial charge is 0.313 e. The van der Waals surface area contributed by atoms with Gasteiger partial charge in [-0.25, -0.2) is 0 Å². The summed E-state index contributed by atoms with van der Waals surface area (Å²) in [7, 11) is 0. The van der Waals surface area contributed by atoms with Crippen molar-refractivity contribution in [3.05, 3.63) is 95.6 Å². The monoisotopic (exact) mass is 470 g/mol. The van der Waals surface area contributed by atoms with Gasteiger partial charge in [0.25, 0.3) is 0 Å². The fraction of sp³-hybridized carbons (Fsp3) is 0.286. The molecule has 0 aliphatic carbocycles. The molecule has 1 heterocycles. The van der Waals surface area contributed by atoms with Crippen molar-refractivity contribution in [3.8, 4) is 17.1 Å². The van der Waals surface area contributed by atoms with Crippen LogP contribution in [0.3, 0.4) is 0 Å². The van der Waals surface area contributed by atoms with Crippen molar-refractivity contribution < 1.29 is 14.3 Å². The number of aromatic nitrogens is 4. The molecule has 4 rings (SSSR count).